The summed E-state index contributed by atoms with van der Waals surface area (Å²) in [5.41, 5.74) is 0.00987. The van der Waals surface area contributed by atoms with E-state index in [1.165, 1.54) is 0 Å². The molecule has 1 aliphatic rings. The van der Waals surface area contributed by atoms with E-state index in [1.54, 1.807) is 4.90 Å². The Morgan fingerprint density at radius 2 is 1.86 bits per heavy atom. The van der Waals surface area contributed by atoms with Gasteiger partial charge in [0.1, 0.15) is 0 Å². The second-order valence-corrected chi connectivity index (χ2v) is 5.89. The van der Waals surface area contributed by atoms with Crippen molar-refractivity contribution >= 4 is 28.7 Å². The van der Waals surface area contributed by atoms with E-state index in [2.05, 4.69) is 43.4 Å². The fourth-order valence-corrected chi connectivity index (χ4v) is 1.46. The predicted octanol–water partition coefficient (Wildman–Crippen LogP) is 3.03. The van der Waals surface area contributed by atoms with Crippen LogP contribution in [-0.2, 0) is 4.74 Å². The predicted molar refractivity (Wildman–Crippen MR) is 64.6 cm³/mol. The van der Waals surface area contributed by atoms with E-state index in [0.29, 0.717) is 0 Å². The summed E-state index contributed by atoms with van der Waals surface area (Å²) in [7, 11) is 0. The van der Waals surface area contributed by atoms with Gasteiger partial charge in [-0.15, -0.1) is 0 Å². The zero-order chi connectivity index (χ0) is 10.8. The van der Waals surface area contributed by atoms with E-state index in [0.717, 1.165) is 25.9 Å². The number of hydrogen-bond acceptors (Lipinski definition) is 2. The number of rotatable bonds is 1. The molecular formula is C10H18INO2. The lowest BCUT2D eigenvalue weighted by atomic mass is 9.99. The molecule has 0 radical (unpaired) electrons. The molecule has 14 heavy (non-hydrogen) atoms. The monoisotopic (exact) mass is 311 g/mol. The highest BCUT2D eigenvalue weighted by molar-refractivity contribution is 14.1. The largest absolute Gasteiger partial charge is 0.435 e. The van der Waals surface area contributed by atoms with E-state index < -0.39 is 0 Å². The normalized spacial score (nSPS) is 19.6. The maximum absolute atomic E-state index is 11.6. The Morgan fingerprint density at radius 1 is 1.36 bits per heavy atom. The first kappa shape index (κ1) is 12.1. The number of ether oxygens (including phenoxy) is 1. The lowest BCUT2D eigenvalue weighted by molar-refractivity contribution is 0.0687. The summed E-state index contributed by atoms with van der Waals surface area (Å²) >= 11 is 2.18. The molecule has 0 N–H and O–H groups in total. The number of nitrogens with zero attached hydrogens (tertiary/aromatic N) is 1. The summed E-state index contributed by atoms with van der Waals surface area (Å²) in [5, 5.41) is 0. The van der Waals surface area contributed by atoms with Crippen molar-refractivity contribution in [2.45, 2.75) is 37.7 Å². The van der Waals surface area contributed by atoms with Crippen LogP contribution in [0.2, 0.25) is 0 Å². The van der Waals surface area contributed by atoms with Gasteiger partial charge in [-0.3, -0.25) is 0 Å². The summed E-state index contributed by atoms with van der Waals surface area (Å²) in [5.74, 6) is 0. The summed E-state index contributed by atoms with van der Waals surface area (Å²) in [6.45, 7) is 7.92. The second kappa shape index (κ2) is 4.68. The Bertz CT molecular complexity index is 207. The van der Waals surface area contributed by atoms with Crippen LogP contribution in [0.25, 0.3) is 0 Å². The lowest BCUT2D eigenvalue weighted by Gasteiger charge is -2.27. The molecule has 4 heteroatoms. The summed E-state index contributed by atoms with van der Waals surface area (Å²) in [6, 6.07) is 0. The molecule has 0 saturated carbocycles. The molecule has 1 rings (SSSR count). The topological polar surface area (TPSA) is 29.5 Å². The number of hydrogen-bond donors (Lipinski definition) is 0. The third kappa shape index (κ3) is 3.29. The van der Waals surface area contributed by atoms with Crippen LogP contribution in [0.3, 0.4) is 0 Å². The molecule has 1 unspecified atom stereocenters. The molecule has 0 bridgehead atoms. The molecule has 0 aliphatic carbocycles. The smallest absolute Gasteiger partial charge is 0.410 e. The summed E-state index contributed by atoms with van der Waals surface area (Å²) in [4.78, 5) is 13.4. The van der Waals surface area contributed by atoms with Crippen molar-refractivity contribution in [2.24, 2.45) is 5.41 Å². The quantitative estimate of drug-likeness (QED) is 0.550. The minimum atomic E-state index is -0.156. The summed E-state index contributed by atoms with van der Waals surface area (Å²) < 4.78 is 5.31. The Labute approximate surface area is 99.3 Å². The third-order valence-corrected chi connectivity index (χ3v) is 4.37. The van der Waals surface area contributed by atoms with Crippen molar-refractivity contribution < 1.29 is 9.53 Å². The number of likely N-dealkylation sites (tertiary alicyclic amines) is 1. The van der Waals surface area contributed by atoms with E-state index in [4.69, 9.17) is 4.74 Å². The van der Waals surface area contributed by atoms with Gasteiger partial charge >= 0.3 is 6.09 Å². The molecule has 1 fully saturated rings. The first-order valence-corrected chi connectivity index (χ1v) is 6.25. The Balaban J connectivity index is 2.40. The van der Waals surface area contributed by atoms with Gasteiger partial charge in [0.2, 0.25) is 0 Å². The minimum absolute atomic E-state index is 0.00987. The van der Waals surface area contributed by atoms with Crippen molar-refractivity contribution in [3.05, 3.63) is 0 Å². The Hall–Kier alpha value is 0. The van der Waals surface area contributed by atoms with Gasteiger partial charge in [-0.1, -0.05) is 20.8 Å². The van der Waals surface area contributed by atoms with Crippen LogP contribution in [0.5, 0.6) is 0 Å². The first-order chi connectivity index (χ1) is 6.41. The van der Waals surface area contributed by atoms with Crippen LogP contribution in [0, 0.1) is 5.41 Å². The molecule has 0 aromatic rings. The maximum atomic E-state index is 11.6. The lowest BCUT2D eigenvalue weighted by Crippen LogP contribution is -2.34. The molecule has 1 saturated heterocycles. The average molecular weight is 311 g/mol. The van der Waals surface area contributed by atoms with Crippen LogP contribution in [-0.4, -0.2) is 28.2 Å². The fourth-order valence-electron chi connectivity index (χ4n) is 1.24. The number of halogens is 1. The molecule has 82 valence electrons. The van der Waals surface area contributed by atoms with Crippen LogP contribution in [0.4, 0.5) is 4.79 Å². The van der Waals surface area contributed by atoms with Crippen LogP contribution in [0.15, 0.2) is 0 Å². The number of amides is 1. The third-order valence-electron chi connectivity index (χ3n) is 2.25. The first-order valence-electron chi connectivity index (χ1n) is 5.01. The molecule has 0 spiro atoms. The molecular weight excluding hydrogens is 293 g/mol. The van der Waals surface area contributed by atoms with Crippen molar-refractivity contribution in [3.63, 3.8) is 0 Å². The van der Waals surface area contributed by atoms with Gasteiger partial charge in [-0.25, -0.2) is 4.79 Å². The van der Waals surface area contributed by atoms with Crippen LogP contribution >= 0.6 is 22.6 Å². The van der Waals surface area contributed by atoms with Gasteiger partial charge in [0.05, 0.1) is 0 Å². The Morgan fingerprint density at radius 3 is 2.29 bits per heavy atom. The van der Waals surface area contributed by atoms with E-state index in [-0.39, 0.29) is 15.6 Å². The van der Waals surface area contributed by atoms with E-state index in [1.807, 2.05) is 0 Å². The number of carbonyl (C=O) groups is 1. The maximum Gasteiger partial charge on any atom is 0.410 e. The molecule has 1 atom stereocenters. The zero-order valence-electron chi connectivity index (χ0n) is 9.05. The second-order valence-electron chi connectivity index (χ2n) is 4.76. The van der Waals surface area contributed by atoms with E-state index >= 15 is 0 Å². The molecule has 1 amide bonds. The molecule has 0 aromatic heterocycles. The highest BCUT2D eigenvalue weighted by Crippen LogP contribution is 2.28. The fraction of sp³-hybridized carbons (Fsp3) is 0.900. The molecule has 1 heterocycles. The molecule has 0 aromatic carbocycles. The van der Waals surface area contributed by atoms with Crippen LogP contribution < -0.4 is 0 Å². The molecule has 3 nitrogen and oxygen atoms in total. The van der Waals surface area contributed by atoms with Gasteiger partial charge in [-0.2, -0.15) is 0 Å². The van der Waals surface area contributed by atoms with Crippen molar-refractivity contribution in [3.8, 4) is 0 Å². The molecule has 1 aliphatic heterocycles. The van der Waals surface area contributed by atoms with Crippen LogP contribution in [0.1, 0.15) is 33.6 Å². The van der Waals surface area contributed by atoms with E-state index in [9.17, 15) is 4.79 Å². The van der Waals surface area contributed by atoms with Gasteiger partial charge in [0, 0.05) is 18.5 Å². The summed E-state index contributed by atoms with van der Waals surface area (Å²) in [6.07, 6.45) is 2.06. The standard InChI is InChI=1S/C10H18INO2/c1-10(2,3)8(11)14-9(13)12-6-4-5-7-12/h8H,4-7H2,1-3H3. The minimum Gasteiger partial charge on any atom is -0.435 e. The number of alkyl halides is 1. The van der Waals surface area contributed by atoms with Gasteiger partial charge in [-0.05, 0) is 35.4 Å². The average Bonchev–Trinajstić information content (AvgIpc) is 2.53. The zero-order valence-corrected chi connectivity index (χ0v) is 11.2. The highest BCUT2D eigenvalue weighted by Gasteiger charge is 2.28. The van der Waals surface area contributed by atoms with Gasteiger partial charge in [0.15, 0.2) is 4.11 Å². The van der Waals surface area contributed by atoms with Crippen molar-refractivity contribution in [1.82, 2.24) is 4.90 Å². The van der Waals surface area contributed by atoms with Crippen molar-refractivity contribution in [1.29, 1.82) is 0 Å². The SMILES string of the molecule is CC(C)(C)C(I)OC(=O)N1CCCC1. The van der Waals surface area contributed by atoms with Gasteiger partial charge < -0.3 is 9.64 Å². The Kier molecular flexibility index (Phi) is 4.04. The number of carbonyl (C=O) groups excluding carboxylic acids is 1. The van der Waals surface area contributed by atoms with Crippen molar-refractivity contribution in [2.75, 3.05) is 13.1 Å². The highest BCUT2D eigenvalue weighted by atomic mass is 127. The van der Waals surface area contributed by atoms with Gasteiger partial charge in [0.25, 0.3) is 0 Å².